The van der Waals surface area contributed by atoms with Crippen molar-refractivity contribution in [3.8, 4) is 0 Å². The topological polar surface area (TPSA) is 29.3 Å². The summed E-state index contributed by atoms with van der Waals surface area (Å²) in [6.07, 6.45) is 1.14. The van der Waals surface area contributed by atoms with Gasteiger partial charge < -0.3 is 10.6 Å². The summed E-state index contributed by atoms with van der Waals surface area (Å²) in [6, 6.07) is 9.13. The van der Waals surface area contributed by atoms with E-state index in [1.54, 1.807) is 4.88 Å². The van der Waals surface area contributed by atoms with Gasteiger partial charge in [-0.25, -0.2) is 0 Å². The van der Waals surface area contributed by atoms with Gasteiger partial charge in [0.05, 0.1) is 11.7 Å². The van der Waals surface area contributed by atoms with E-state index in [2.05, 4.69) is 57.4 Å². The number of hydrogen-bond donors (Lipinski definition) is 1. The number of benzene rings is 1. The number of rotatable bonds is 2. The molecule has 0 saturated heterocycles. The van der Waals surface area contributed by atoms with Crippen LogP contribution < -0.4 is 10.6 Å². The zero-order chi connectivity index (χ0) is 13.4. The van der Waals surface area contributed by atoms with Crippen molar-refractivity contribution >= 4 is 33.0 Å². The largest absolute Gasteiger partial charge is 0.363 e. The molecule has 1 aromatic heterocycles. The molecular weight excluding hydrogens is 320 g/mol. The zero-order valence-corrected chi connectivity index (χ0v) is 13.3. The van der Waals surface area contributed by atoms with E-state index in [4.69, 9.17) is 5.73 Å². The molecule has 0 fully saturated rings. The maximum absolute atomic E-state index is 5.69. The Morgan fingerprint density at radius 3 is 3.00 bits per heavy atom. The Hall–Kier alpha value is -0.840. The minimum Gasteiger partial charge on any atom is -0.363 e. The van der Waals surface area contributed by atoms with Gasteiger partial charge in [-0.1, -0.05) is 6.07 Å². The molecule has 19 heavy (non-hydrogen) atoms. The van der Waals surface area contributed by atoms with Crippen LogP contribution in [0.1, 0.15) is 29.0 Å². The van der Waals surface area contributed by atoms with Crippen LogP contribution in [0, 0.1) is 0 Å². The molecule has 2 nitrogen and oxygen atoms in total. The lowest BCUT2D eigenvalue weighted by Gasteiger charge is -2.36. The first kappa shape index (κ1) is 13.2. The van der Waals surface area contributed by atoms with Gasteiger partial charge in [0, 0.05) is 22.4 Å². The Labute approximate surface area is 126 Å². The van der Waals surface area contributed by atoms with E-state index in [-0.39, 0.29) is 0 Å². The van der Waals surface area contributed by atoms with Gasteiger partial charge in [-0.15, -0.1) is 11.3 Å². The van der Waals surface area contributed by atoms with Crippen molar-refractivity contribution in [3.05, 3.63) is 50.1 Å². The Morgan fingerprint density at radius 2 is 2.26 bits per heavy atom. The molecule has 1 aliphatic heterocycles. The fraction of sp³-hybridized carbons (Fsp3) is 0.333. The number of thiophene rings is 1. The number of anilines is 1. The highest BCUT2D eigenvalue weighted by atomic mass is 79.9. The number of nitrogens with zero attached hydrogens (tertiary/aromatic N) is 1. The molecule has 2 heterocycles. The Balaban J connectivity index is 1.95. The molecule has 0 aliphatic carbocycles. The van der Waals surface area contributed by atoms with Gasteiger partial charge in [-0.05, 0) is 64.0 Å². The summed E-state index contributed by atoms with van der Waals surface area (Å²) in [7, 11) is 0. The molecule has 0 amide bonds. The normalized spacial score (nSPS) is 18.5. The van der Waals surface area contributed by atoms with E-state index < -0.39 is 0 Å². The molecule has 0 bridgehead atoms. The molecule has 1 aromatic carbocycles. The quantitative estimate of drug-likeness (QED) is 0.894. The highest BCUT2D eigenvalue weighted by Crippen LogP contribution is 2.39. The van der Waals surface area contributed by atoms with E-state index >= 15 is 0 Å². The van der Waals surface area contributed by atoms with E-state index in [1.807, 2.05) is 11.3 Å². The average Bonchev–Trinajstić information content (AvgIpc) is 2.89. The van der Waals surface area contributed by atoms with Crippen LogP contribution in [0.15, 0.2) is 34.1 Å². The van der Waals surface area contributed by atoms with Crippen LogP contribution in [0.5, 0.6) is 0 Å². The van der Waals surface area contributed by atoms with E-state index in [9.17, 15) is 0 Å². The van der Waals surface area contributed by atoms with Crippen LogP contribution in [0.4, 0.5) is 5.69 Å². The molecular formula is C15H17BrN2S. The lowest BCUT2D eigenvalue weighted by molar-refractivity contribution is 0.631. The van der Waals surface area contributed by atoms with Gasteiger partial charge in [0.1, 0.15) is 0 Å². The van der Waals surface area contributed by atoms with Gasteiger partial charge in [0.2, 0.25) is 0 Å². The molecule has 0 radical (unpaired) electrons. The van der Waals surface area contributed by atoms with E-state index in [0.717, 1.165) is 23.0 Å². The third-order valence-corrected chi connectivity index (χ3v) is 5.47. The minimum atomic E-state index is 0.440. The van der Waals surface area contributed by atoms with Gasteiger partial charge in [0.25, 0.3) is 0 Å². The van der Waals surface area contributed by atoms with Crippen LogP contribution in [0.25, 0.3) is 0 Å². The number of fused-ring (bicyclic) bond motifs is 1. The summed E-state index contributed by atoms with van der Waals surface area (Å²) in [6.45, 7) is 3.95. The minimum absolute atomic E-state index is 0.440. The van der Waals surface area contributed by atoms with E-state index in [0.29, 0.717) is 12.6 Å². The summed E-state index contributed by atoms with van der Waals surface area (Å²) < 4.78 is 1.14. The second-order valence-corrected chi connectivity index (χ2v) is 6.76. The molecule has 3 rings (SSSR count). The Morgan fingerprint density at radius 1 is 1.42 bits per heavy atom. The van der Waals surface area contributed by atoms with Crippen LogP contribution in [-0.4, -0.2) is 6.54 Å². The van der Waals surface area contributed by atoms with Crippen molar-refractivity contribution in [1.82, 2.24) is 0 Å². The molecule has 4 heteroatoms. The monoisotopic (exact) mass is 336 g/mol. The highest BCUT2D eigenvalue weighted by Gasteiger charge is 2.25. The third kappa shape index (κ3) is 2.33. The van der Waals surface area contributed by atoms with Crippen LogP contribution in [0.2, 0.25) is 0 Å². The summed E-state index contributed by atoms with van der Waals surface area (Å²) in [5.41, 5.74) is 9.60. The van der Waals surface area contributed by atoms with Gasteiger partial charge >= 0.3 is 0 Å². The Bertz CT molecular complexity index is 594. The first-order valence-corrected chi connectivity index (χ1v) is 8.19. The summed E-state index contributed by atoms with van der Waals surface area (Å²) in [4.78, 5) is 4.01. The van der Waals surface area contributed by atoms with Crippen molar-refractivity contribution in [3.63, 3.8) is 0 Å². The fourth-order valence-corrected chi connectivity index (χ4v) is 4.37. The van der Waals surface area contributed by atoms with Crippen molar-refractivity contribution in [1.29, 1.82) is 0 Å². The van der Waals surface area contributed by atoms with Crippen LogP contribution in [-0.2, 0) is 13.0 Å². The molecule has 1 unspecified atom stereocenters. The number of hydrogen-bond acceptors (Lipinski definition) is 3. The van der Waals surface area contributed by atoms with Crippen molar-refractivity contribution in [2.24, 2.45) is 5.73 Å². The average molecular weight is 337 g/mol. The molecule has 2 N–H and O–H groups in total. The molecule has 0 spiro atoms. The van der Waals surface area contributed by atoms with Crippen molar-refractivity contribution in [2.75, 3.05) is 11.4 Å². The predicted molar refractivity (Wildman–Crippen MR) is 85.8 cm³/mol. The summed E-state index contributed by atoms with van der Waals surface area (Å²) in [5, 5.41) is 2.21. The lowest BCUT2D eigenvalue weighted by Crippen LogP contribution is -2.33. The zero-order valence-electron chi connectivity index (χ0n) is 10.9. The van der Waals surface area contributed by atoms with Crippen molar-refractivity contribution in [2.45, 2.75) is 25.9 Å². The van der Waals surface area contributed by atoms with Crippen LogP contribution in [0.3, 0.4) is 0 Å². The van der Waals surface area contributed by atoms with Gasteiger partial charge in [0.15, 0.2) is 0 Å². The Kier molecular flexibility index (Phi) is 3.65. The number of nitrogens with two attached hydrogens (primary N) is 1. The first-order valence-electron chi connectivity index (χ1n) is 6.52. The molecule has 100 valence electrons. The summed E-state index contributed by atoms with van der Waals surface area (Å²) >= 11 is 5.57. The van der Waals surface area contributed by atoms with Crippen molar-refractivity contribution < 1.29 is 0 Å². The second kappa shape index (κ2) is 5.27. The molecule has 1 aliphatic rings. The highest BCUT2D eigenvalue weighted by molar-refractivity contribution is 9.10. The SMILES string of the molecule is CC1c2ccsc2CCN1c1ccc(CN)cc1Br. The van der Waals surface area contributed by atoms with Gasteiger partial charge in [-0.3, -0.25) is 0 Å². The lowest BCUT2D eigenvalue weighted by atomic mass is 10.0. The summed E-state index contributed by atoms with van der Waals surface area (Å²) in [5.74, 6) is 0. The predicted octanol–water partition coefficient (Wildman–Crippen LogP) is 4.09. The van der Waals surface area contributed by atoms with Crippen LogP contribution >= 0.6 is 27.3 Å². The molecule has 0 saturated carbocycles. The van der Waals surface area contributed by atoms with Gasteiger partial charge in [-0.2, -0.15) is 0 Å². The number of halogens is 1. The maximum Gasteiger partial charge on any atom is 0.0525 e. The molecule has 2 aromatic rings. The third-order valence-electron chi connectivity index (χ3n) is 3.83. The fourth-order valence-electron chi connectivity index (χ4n) is 2.75. The van der Waals surface area contributed by atoms with E-state index in [1.165, 1.54) is 11.3 Å². The molecule has 1 atom stereocenters. The smallest absolute Gasteiger partial charge is 0.0525 e. The second-order valence-electron chi connectivity index (χ2n) is 4.91. The standard InChI is InChI=1S/C15H17BrN2S/c1-10-12-5-7-19-15(12)4-6-18(10)14-3-2-11(9-17)8-13(14)16/h2-3,5,7-8,10H,4,6,9,17H2,1H3. The maximum atomic E-state index is 5.69. The first-order chi connectivity index (χ1) is 9.20.